The third-order valence-corrected chi connectivity index (χ3v) is 11.4. The molecule has 5 heterocycles. The van der Waals surface area contributed by atoms with Gasteiger partial charge in [-0.2, -0.15) is 16.8 Å². The van der Waals surface area contributed by atoms with Gasteiger partial charge in [-0.3, -0.25) is 9.11 Å². The van der Waals surface area contributed by atoms with E-state index >= 15 is 26.3 Å². The van der Waals surface area contributed by atoms with Gasteiger partial charge in [0.25, 0.3) is 20.2 Å². The Bertz CT molecular complexity index is 3610. The maximum atomic E-state index is 15.8. The van der Waals surface area contributed by atoms with Crippen LogP contribution in [0.25, 0.3) is 77.5 Å². The highest BCUT2D eigenvalue weighted by atomic mass is 32.2. The van der Waals surface area contributed by atoms with Crippen LogP contribution in [0.5, 0.6) is 0 Å². The summed E-state index contributed by atoms with van der Waals surface area (Å²) in [6, 6.07) is 2.45. The first kappa shape index (κ1) is 43.8. The molecule has 0 spiro atoms. The van der Waals surface area contributed by atoms with E-state index in [1.165, 1.54) is 0 Å². The Kier molecular flexibility index (Phi) is 9.99. The Balaban J connectivity index is 1.77. The molecule has 332 valence electrons. The van der Waals surface area contributed by atoms with Gasteiger partial charge in [0.15, 0.2) is 69.8 Å². The summed E-state index contributed by atoms with van der Waals surface area (Å²) in [5, 5.41) is 0. The maximum absolute atomic E-state index is 15.8. The van der Waals surface area contributed by atoms with Crippen LogP contribution in [0.2, 0.25) is 0 Å². The van der Waals surface area contributed by atoms with Gasteiger partial charge in [-0.25, -0.2) is 70.8 Å². The fourth-order valence-electron chi connectivity index (χ4n) is 6.92. The summed E-state index contributed by atoms with van der Waals surface area (Å²) in [4.78, 5) is 6.85. The van der Waals surface area contributed by atoms with Gasteiger partial charge < -0.3 is 15.0 Å². The number of H-pyrrole nitrogens is 3. The highest BCUT2D eigenvalue weighted by Gasteiger charge is 2.36. The van der Waals surface area contributed by atoms with E-state index < -0.39 is 195 Å². The van der Waals surface area contributed by atoms with Crippen LogP contribution in [0, 0.1) is 87.3 Å². The van der Waals surface area contributed by atoms with E-state index in [1.807, 2.05) is 0 Å². The standard InChI is InChI=1S/C37H11F15N4O6S2/c38-21-18(22(39)28(45)33(50)27(21)44)15-7-1-2-9(53-7)16(19-23(40)29(46)34(51)30(47)24(19)41)11-5-13(63(57,58)59)36(55-11)12-6-14(64(60,61)62)37(56-12)17(10-4-3-8(15)54-10)20-25(42)31(48)35(52)32(49)26(20)43/h1-6,53-55H,(H,57,58,59)(H,60,61,62). The zero-order valence-electron chi connectivity index (χ0n) is 29.9. The van der Waals surface area contributed by atoms with Crippen molar-refractivity contribution in [2.24, 2.45) is 0 Å². The molecule has 0 radical (unpaired) electrons. The minimum atomic E-state index is -5.94. The van der Waals surface area contributed by atoms with Gasteiger partial charge in [-0.05, 0) is 36.4 Å². The van der Waals surface area contributed by atoms with E-state index in [0.717, 1.165) is 0 Å². The molecule has 0 aliphatic carbocycles. The predicted octanol–water partition coefficient (Wildman–Crippen LogP) is 10.2. The zero-order valence-corrected chi connectivity index (χ0v) is 31.6. The van der Waals surface area contributed by atoms with Crippen molar-refractivity contribution >= 4 is 64.3 Å². The van der Waals surface area contributed by atoms with Crippen molar-refractivity contribution in [3.8, 4) is 33.4 Å². The minimum Gasteiger partial charge on any atom is -0.354 e. The van der Waals surface area contributed by atoms with E-state index in [2.05, 4.69) is 19.9 Å². The molecular weight excluding hydrogens is 946 g/mol. The van der Waals surface area contributed by atoms with Crippen molar-refractivity contribution in [1.82, 2.24) is 19.9 Å². The summed E-state index contributed by atoms with van der Waals surface area (Å²) < 4.78 is 298. The van der Waals surface area contributed by atoms with Gasteiger partial charge in [0.05, 0.1) is 39.1 Å². The summed E-state index contributed by atoms with van der Waals surface area (Å²) in [5.41, 5.74) is -19.6. The lowest BCUT2D eigenvalue weighted by atomic mass is 10.0. The minimum absolute atomic E-state index is 0.133. The fourth-order valence-corrected chi connectivity index (χ4v) is 8.26. The van der Waals surface area contributed by atoms with Crippen molar-refractivity contribution < 1.29 is 91.8 Å². The topological polar surface area (TPSA) is 169 Å². The smallest absolute Gasteiger partial charge is 0.296 e. The molecule has 1 aliphatic heterocycles. The summed E-state index contributed by atoms with van der Waals surface area (Å²) in [7, 11) is -11.7. The molecule has 8 bridgehead atoms. The van der Waals surface area contributed by atoms with E-state index in [4.69, 9.17) is 0 Å². The number of halogens is 15. The average Bonchev–Trinajstić information content (AvgIpc) is 4.07. The lowest BCUT2D eigenvalue weighted by molar-refractivity contribution is 0.381. The van der Waals surface area contributed by atoms with Crippen LogP contribution in [0.3, 0.4) is 0 Å². The number of rotatable bonds is 5. The van der Waals surface area contributed by atoms with Gasteiger partial charge >= 0.3 is 0 Å². The lowest BCUT2D eigenvalue weighted by Gasteiger charge is -2.12. The maximum Gasteiger partial charge on any atom is 0.296 e. The summed E-state index contributed by atoms with van der Waals surface area (Å²) in [5.74, 6) is -40.5. The van der Waals surface area contributed by atoms with Gasteiger partial charge in [-0.1, -0.05) is 0 Å². The molecule has 1 aliphatic rings. The number of nitrogens with one attached hydrogen (secondary N) is 3. The molecule has 64 heavy (non-hydrogen) atoms. The SMILES string of the molecule is O=S(=O)(O)C1=Cc2nc1c(-c1c(F)c(F)c(F)c(F)c1F)c1ccc([nH]1)c(-c1c(F)c(F)c(F)c(F)c1F)c1ccc([nH]1)c(-c1c(F)c(F)c(F)c(F)c1F)c1cc(S(=O)(=O)O)c2[nH]1. The Morgan fingerprint density at radius 1 is 0.391 bits per heavy atom. The first-order valence-corrected chi connectivity index (χ1v) is 19.6. The van der Waals surface area contributed by atoms with E-state index in [0.29, 0.717) is 24.3 Å². The molecule has 0 saturated heterocycles. The third-order valence-electron chi connectivity index (χ3n) is 9.66. The van der Waals surface area contributed by atoms with E-state index in [9.17, 15) is 65.5 Å². The molecule has 0 saturated carbocycles. The van der Waals surface area contributed by atoms with E-state index in [1.54, 1.807) is 0 Å². The number of aromatic amines is 3. The quantitative estimate of drug-likeness (QED) is 0.0495. The Morgan fingerprint density at radius 2 is 0.703 bits per heavy atom. The summed E-state index contributed by atoms with van der Waals surface area (Å²) >= 11 is 0. The Morgan fingerprint density at radius 3 is 1.05 bits per heavy atom. The van der Waals surface area contributed by atoms with Crippen LogP contribution >= 0.6 is 0 Å². The molecule has 7 aromatic rings. The number of nitrogens with zero attached hydrogens (tertiary/aromatic N) is 1. The molecule has 8 rings (SSSR count). The number of benzene rings is 3. The monoisotopic (exact) mass is 956 g/mol. The van der Waals surface area contributed by atoms with Gasteiger partial charge in [0, 0.05) is 38.8 Å². The highest BCUT2D eigenvalue weighted by Crippen LogP contribution is 2.44. The van der Waals surface area contributed by atoms with Crippen LogP contribution in [0.4, 0.5) is 65.9 Å². The summed E-state index contributed by atoms with van der Waals surface area (Å²) in [6.07, 6.45) is 0.133. The van der Waals surface area contributed by atoms with Crippen LogP contribution in [-0.2, 0) is 20.2 Å². The second-order valence-electron chi connectivity index (χ2n) is 13.3. The second kappa shape index (κ2) is 14.6. The summed E-state index contributed by atoms with van der Waals surface area (Å²) in [6.45, 7) is 0. The Labute approximate surface area is 342 Å². The zero-order chi connectivity index (χ0) is 47.0. The van der Waals surface area contributed by atoms with Crippen molar-refractivity contribution in [1.29, 1.82) is 0 Å². The van der Waals surface area contributed by atoms with Crippen LogP contribution in [0.15, 0.2) is 35.2 Å². The van der Waals surface area contributed by atoms with Crippen LogP contribution in [-0.4, -0.2) is 45.9 Å². The normalized spacial score (nSPS) is 12.8. The fraction of sp³-hybridized carbons (Fsp3) is 0. The number of hydrogen-bond donors (Lipinski definition) is 5. The van der Waals surface area contributed by atoms with Gasteiger partial charge in [0.2, 0.25) is 17.5 Å². The molecular formula is C37H11F15N4O6S2. The Hall–Kier alpha value is -6.84. The van der Waals surface area contributed by atoms with Crippen molar-refractivity contribution in [3.05, 3.63) is 129 Å². The predicted molar refractivity (Wildman–Crippen MR) is 191 cm³/mol. The third kappa shape index (κ3) is 6.39. The number of aromatic nitrogens is 4. The molecule has 0 fully saturated rings. The number of hydrogen-bond acceptors (Lipinski definition) is 5. The molecule has 3 aromatic carbocycles. The molecule has 5 N–H and O–H groups in total. The first-order chi connectivity index (χ1) is 29.8. The van der Waals surface area contributed by atoms with Crippen LogP contribution in [0.1, 0.15) is 11.4 Å². The highest BCUT2D eigenvalue weighted by molar-refractivity contribution is 7.95. The van der Waals surface area contributed by atoms with Gasteiger partial charge in [0.1, 0.15) is 9.80 Å². The van der Waals surface area contributed by atoms with Crippen LogP contribution < -0.4 is 0 Å². The second-order valence-corrected chi connectivity index (χ2v) is 16.0. The molecule has 0 unspecified atom stereocenters. The first-order valence-electron chi connectivity index (χ1n) is 16.7. The largest absolute Gasteiger partial charge is 0.354 e. The molecule has 0 amide bonds. The molecule has 10 nitrogen and oxygen atoms in total. The molecule has 0 atom stereocenters. The average molecular weight is 957 g/mol. The molecule has 27 heteroatoms. The lowest BCUT2D eigenvalue weighted by Crippen LogP contribution is -2.07. The van der Waals surface area contributed by atoms with E-state index in [-0.39, 0.29) is 12.1 Å². The van der Waals surface area contributed by atoms with Crippen molar-refractivity contribution in [2.45, 2.75) is 4.90 Å². The van der Waals surface area contributed by atoms with Crippen molar-refractivity contribution in [3.63, 3.8) is 0 Å². The van der Waals surface area contributed by atoms with Gasteiger partial charge in [-0.15, -0.1) is 0 Å². The number of fused-ring (bicyclic) bond motifs is 9. The molecule has 4 aromatic heterocycles. The van der Waals surface area contributed by atoms with Crippen molar-refractivity contribution in [2.75, 3.05) is 0 Å².